The van der Waals surface area contributed by atoms with Gasteiger partial charge < -0.3 is 9.63 Å². The smallest absolute Gasteiger partial charge is 0.127 e. The van der Waals surface area contributed by atoms with Crippen molar-refractivity contribution in [1.29, 1.82) is 0 Å². The minimum Gasteiger partial charge on any atom is -0.389 e. The third-order valence-electron chi connectivity index (χ3n) is 2.23. The van der Waals surface area contributed by atoms with Crippen LogP contribution in [-0.2, 0) is 5.75 Å². The maximum Gasteiger partial charge on any atom is 0.127 e. The molecule has 0 fully saturated rings. The molecule has 0 aliphatic heterocycles. The summed E-state index contributed by atoms with van der Waals surface area (Å²) in [6.07, 6.45) is 2.94. The van der Waals surface area contributed by atoms with Gasteiger partial charge in [-0.1, -0.05) is 17.3 Å². The summed E-state index contributed by atoms with van der Waals surface area (Å²) in [5.41, 5.74) is 2.00. The van der Waals surface area contributed by atoms with Crippen LogP contribution >= 0.6 is 11.8 Å². The van der Waals surface area contributed by atoms with Crippen LogP contribution in [0, 0.1) is 0 Å². The summed E-state index contributed by atoms with van der Waals surface area (Å²) >= 11 is 1.70. The fourth-order valence-corrected chi connectivity index (χ4v) is 2.20. The highest BCUT2D eigenvalue weighted by Gasteiger charge is 2.03. The average molecular weight is 235 g/mol. The first kappa shape index (κ1) is 11.2. The molecule has 0 aliphatic carbocycles. The molecule has 1 N–H and O–H groups in total. The molecular formula is C12H13NO2S. The van der Waals surface area contributed by atoms with Crippen LogP contribution in [0.15, 0.2) is 46.1 Å². The van der Waals surface area contributed by atoms with Gasteiger partial charge in [-0.05, 0) is 24.6 Å². The van der Waals surface area contributed by atoms with Crippen molar-refractivity contribution in [3.63, 3.8) is 0 Å². The van der Waals surface area contributed by atoms with E-state index in [4.69, 9.17) is 4.52 Å². The summed E-state index contributed by atoms with van der Waals surface area (Å²) in [6.45, 7) is 1.77. The molecule has 1 aromatic carbocycles. The largest absolute Gasteiger partial charge is 0.389 e. The second-order valence-corrected chi connectivity index (χ2v) is 4.62. The maximum atomic E-state index is 9.47. The Morgan fingerprint density at radius 3 is 3.06 bits per heavy atom. The molecule has 0 radical (unpaired) electrons. The van der Waals surface area contributed by atoms with Gasteiger partial charge in [0.25, 0.3) is 0 Å². The number of aromatic nitrogens is 1. The molecule has 0 aliphatic rings. The minimum atomic E-state index is -0.420. The number of aliphatic hydroxyl groups excluding tert-OH is 1. The zero-order chi connectivity index (χ0) is 11.4. The SMILES string of the molecule is CC(O)c1cccc(SCc2cnoc2)c1. The van der Waals surface area contributed by atoms with E-state index in [1.807, 2.05) is 24.3 Å². The van der Waals surface area contributed by atoms with E-state index in [1.54, 1.807) is 31.1 Å². The maximum absolute atomic E-state index is 9.47. The zero-order valence-electron chi connectivity index (χ0n) is 8.96. The molecule has 3 nitrogen and oxygen atoms in total. The van der Waals surface area contributed by atoms with Gasteiger partial charge in [0.1, 0.15) is 6.26 Å². The third kappa shape index (κ3) is 2.87. The van der Waals surface area contributed by atoms with Crippen LogP contribution < -0.4 is 0 Å². The molecule has 2 aromatic rings. The summed E-state index contributed by atoms with van der Waals surface area (Å²) in [7, 11) is 0. The normalized spacial score (nSPS) is 12.6. The first-order chi connectivity index (χ1) is 7.75. The lowest BCUT2D eigenvalue weighted by Crippen LogP contribution is -1.90. The van der Waals surface area contributed by atoms with Crippen LogP contribution in [0.4, 0.5) is 0 Å². The third-order valence-corrected chi connectivity index (χ3v) is 3.29. The molecule has 1 aromatic heterocycles. The van der Waals surface area contributed by atoms with E-state index in [0.29, 0.717) is 0 Å². The number of thioether (sulfide) groups is 1. The van der Waals surface area contributed by atoms with Crippen molar-refractivity contribution < 1.29 is 9.63 Å². The molecule has 1 atom stereocenters. The Morgan fingerprint density at radius 2 is 2.38 bits per heavy atom. The van der Waals surface area contributed by atoms with E-state index in [2.05, 4.69) is 5.16 Å². The Labute approximate surface area is 98.5 Å². The average Bonchev–Trinajstić information content (AvgIpc) is 2.79. The number of hydrogen-bond donors (Lipinski definition) is 1. The Balaban J connectivity index is 2.01. The Hall–Kier alpha value is -1.26. The van der Waals surface area contributed by atoms with Gasteiger partial charge >= 0.3 is 0 Å². The molecule has 84 valence electrons. The van der Waals surface area contributed by atoms with E-state index < -0.39 is 6.10 Å². The van der Waals surface area contributed by atoms with Crippen LogP contribution in [0.3, 0.4) is 0 Å². The number of nitrogens with zero attached hydrogens (tertiary/aromatic N) is 1. The highest BCUT2D eigenvalue weighted by atomic mass is 32.2. The van der Waals surface area contributed by atoms with E-state index in [1.165, 1.54) is 0 Å². The van der Waals surface area contributed by atoms with Gasteiger partial charge in [-0.3, -0.25) is 0 Å². The number of hydrogen-bond acceptors (Lipinski definition) is 4. The monoisotopic (exact) mass is 235 g/mol. The van der Waals surface area contributed by atoms with Crippen molar-refractivity contribution in [2.75, 3.05) is 0 Å². The zero-order valence-corrected chi connectivity index (χ0v) is 9.78. The summed E-state index contributed by atoms with van der Waals surface area (Å²) in [4.78, 5) is 1.14. The van der Waals surface area contributed by atoms with Gasteiger partial charge in [0, 0.05) is 16.2 Å². The van der Waals surface area contributed by atoms with Crippen molar-refractivity contribution >= 4 is 11.8 Å². The molecule has 0 bridgehead atoms. The summed E-state index contributed by atoms with van der Waals surface area (Å²) in [6, 6.07) is 7.92. The van der Waals surface area contributed by atoms with Gasteiger partial charge in [0.15, 0.2) is 0 Å². The van der Waals surface area contributed by atoms with Gasteiger partial charge in [0.2, 0.25) is 0 Å². The molecule has 4 heteroatoms. The number of rotatable bonds is 4. The van der Waals surface area contributed by atoms with Gasteiger partial charge in [0.05, 0.1) is 12.3 Å². The quantitative estimate of drug-likeness (QED) is 0.827. The highest BCUT2D eigenvalue weighted by Crippen LogP contribution is 2.25. The molecule has 0 amide bonds. The molecule has 0 saturated carbocycles. The van der Waals surface area contributed by atoms with Crippen LogP contribution in [0.25, 0.3) is 0 Å². The van der Waals surface area contributed by atoms with Crippen molar-refractivity contribution in [2.45, 2.75) is 23.7 Å². The fourth-order valence-electron chi connectivity index (χ4n) is 1.33. The Bertz CT molecular complexity index is 440. The van der Waals surface area contributed by atoms with Gasteiger partial charge in [-0.25, -0.2) is 0 Å². The second-order valence-electron chi connectivity index (χ2n) is 3.57. The van der Waals surface area contributed by atoms with Crippen molar-refractivity contribution in [1.82, 2.24) is 5.16 Å². The second kappa shape index (κ2) is 5.18. The number of benzene rings is 1. The van der Waals surface area contributed by atoms with Crippen molar-refractivity contribution in [2.24, 2.45) is 0 Å². The molecule has 2 rings (SSSR count). The number of aliphatic hydroxyl groups is 1. The lowest BCUT2D eigenvalue weighted by atomic mass is 10.1. The van der Waals surface area contributed by atoms with Gasteiger partial charge in [-0.15, -0.1) is 11.8 Å². The molecular weight excluding hydrogens is 222 g/mol. The van der Waals surface area contributed by atoms with Crippen LogP contribution in [0.2, 0.25) is 0 Å². The summed E-state index contributed by atoms with van der Waals surface area (Å²) in [5, 5.41) is 13.1. The molecule has 0 saturated heterocycles. The Morgan fingerprint density at radius 1 is 1.50 bits per heavy atom. The van der Waals surface area contributed by atoms with E-state index in [9.17, 15) is 5.11 Å². The predicted octanol–water partition coefficient (Wildman–Crippen LogP) is 3.02. The lowest BCUT2D eigenvalue weighted by molar-refractivity contribution is 0.199. The standard InChI is InChI=1S/C12H13NO2S/c1-9(14)11-3-2-4-12(5-11)16-8-10-6-13-15-7-10/h2-7,9,14H,8H2,1H3. The summed E-state index contributed by atoms with van der Waals surface area (Å²) in [5.74, 6) is 0.826. The van der Waals surface area contributed by atoms with E-state index in [0.717, 1.165) is 21.8 Å². The van der Waals surface area contributed by atoms with E-state index in [-0.39, 0.29) is 0 Å². The predicted molar refractivity (Wildman–Crippen MR) is 63.1 cm³/mol. The highest BCUT2D eigenvalue weighted by molar-refractivity contribution is 7.98. The molecule has 1 unspecified atom stereocenters. The van der Waals surface area contributed by atoms with Crippen LogP contribution in [0.5, 0.6) is 0 Å². The van der Waals surface area contributed by atoms with Crippen LogP contribution in [-0.4, -0.2) is 10.3 Å². The first-order valence-electron chi connectivity index (χ1n) is 5.05. The van der Waals surface area contributed by atoms with Gasteiger partial charge in [-0.2, -0.15) is 0 Å². The van der Waals surface area contributed by atoms with Crippen molar-refractivity contribution in [3.8, 4) is 0 Å². The summed E-state index contributed by atoms with van der Waals surface area (Å²) < 4.78 is 4.76. The minimum absolute atomic E-state index is 0.420. The van der Waals surface area contributed by atoms with Crippen LogP contribution in [0.1, 0.15) is 24.2 Å². The topological polar surface area (TPSA) is 46.3 Å². The molecule has 1 heterocycles. The first-order valence-corrected chi connectivity index (χ1v) is 6.03. The fraction of sp³-hybridized carbons (Fsp3) is 0.250. The van der Waals surface area contributed by atoms with E-state index >= 15 is 0 Å². The van der Waals surface area contributed by atoms with Crippen molar-refractivity contribution in [3.05, 3.63) is 47.9 Å². The molecule has 0 spiro atoms. The molecule has 16 heavy (non-hydrogen) atoms. The lowest BCUT2D eigenvalue weighted by Gasteiger charge is -2.06. The Kier molecular flexibility index (Phi) is 3.64.